The van der Waals surface area contributed by atoms with Gasteiger partial charge in [0.15, 0.2) is 0 Å². The van der Waals surface area contributed by atoms with E-state index in [1.807, 2.05) is 11.7 Å². The van der Waals surface area contributed by atoms with Crippen LogP contribution in [0.3, 0.4) is 0 Å². The van der Waals surface area contributed by atoms with Gasteiger partial charge in [-0.2, -0.15) is 5.10 Å². The first-order valence-electron chi connectivity index (χ1n) is 5.84. The van der Waals surface area contributed by atoms with E-state index in [9.17, 15) is 0 Å². The van der Waals surface area contributed by atoms with E-state index in [1.165, 1.54) is 24.2 Å². The van der Waals surface area contributed by atoms with Crippen molar-refractivity contribution in [3.05, 3.63) is 11.3 Å². The Balaban J connectivity index is 3.02. The molecule has 0 aliphatic carbocycles. The van der Waals surface area contributed by atoms with Crippen LogP contribution < -0.4 is 4.90 Å². The average molecular weight is 288 g/mol. The van der Waals surface area contributed by atoms with Crippen LogP contribution in [-0.2, 0) is 12.4 Å². The maximum absolute atomic E-state index is 4.49. The van der Waals surface area contributed by atoms with Gasteiger partial charge in [0.1, 0.15) is 5.82 Å². The monoisotopic (exact) mass is 287 g/mol. The Bertz CT molecular complexity index is 346. The molecule has 4 heteroatoms. The van der Waals surface area contributed by atoms with Crippen molar-refractivity contribution >= 4 is 21.7 Å². The van der Waals surface area contributed by atoms with Crippen molar-refractivity contribution in [3.8, 4) is 0 Å². The van der Waals surface area contributed by atoms with E-state index < -0.39 is 0 Å². The molecule has 1 heterocycles. The number of hydrogen-bond donors (Lipinski definition) is 0. The van der Waals surface area contributed by atoms with Crippen molar-refractivity contribution < 1.29 is 0 Å². The van der Waals surface area contributed by atoms with Gasteiger partial charge >= 0.3 is 0 Å². The van der Waals surface area contributed by atoms with Gasteiger partial charge < -0.3 is 4.90 Å². The number of aryl methyl sites for hydroxylation is 2. The molecule has 1 rings (SSSR count). The molecule has 0 spiro atoms. The Morgan fingerprint density at radius 2 is 2.12 bits per heavy atom. The van der Waals surface area contributed by atoms with E-state index in [-0.39, 0.29) is 0 Å². The lowest BCUT2D eigenvalue weighted by Crippen LogP contribution is -2.31. The summed E-state index contributed by atoms with van der Waals surface area (Å²) in [4.78, 5) is 2.33. The van der Waals surface area contributed by atoms with Gasteiger partial charge in [0.05, 0.1) is 5.69 Å². The number of alkyl halides is 1. The molecule has 0 radical (unpaired) electrons. The van der Waals surface area contributed by atoms with Gasteiger partial charge in [-0.3, -0.25) is 4.68 Å². The second-order valence-corrected chi connectivity index (χ2v) is 4.95. The minimum atomic E-state index is 0.553. The Morgan fingerprint density at radius 1 is 1.50 bits per heavy atom. The third-order valence-corrected chi connectivity index (χ3v) is 3.71. The standard InChI is InChI=1S/C12H22BrN3/c1-6-7-9(2)15(4)12-11(8-13)10(3)14-16(12)5/h9H,6-8H2,1-5H3. The zero-order valence-corrected chi connectivity index (χ0v) is 12.5. The van der Waals surface area contributed by atoms with Gasteiger partial charge in [0.25, 0.3) is 0 Å². The van der Waals surface area contributed by atoms with Gasteiger partial charge in [-0.15, -0.1) is 0 Å². The van der Waals surface area contributed by atoms with Crippen LogP contribution in [0.5, 0.6) is 0 Å². The first-order valence-corrected chi connectivity index (χ1v) is 6.96. The summed E-state index contributed by atoms with van der Waals surface area (Å²) in [5, 5.41) is 5.36. The first-order chi connectivity index (χ1) is 7.52. The fourth-order valence-corrected chi connectivity index (χ4v) is 2.76. The summed E-state index contributed by atoms with van der Waals surface area (Å²) in [5.41, 5.74) is 2.41. The maximum atomic E-state index is 4.49. The number of aromatic nitrogens is 2. The number of hydrogen-bond acceptors (Lipinski definition) is 2. The number of nitrogens with zero attached hydrogens (tertiary/aromatic N) is 3. The molecule has 92 valence electrons. The molecule has 16 heavy (non-hydrogen) atoms. The van der Waals surface area contributed by atoms with Crippen molar-refractivity contribution in [1.82, 2.24) is 9.78 Å². The van der Waals surface area contributed by atoms with Gasteiger partial charge in [-0.05, 0) is 20.3 Å². The summed E-state index contributed by atoms with van der Waals surface area (Å²) in [7, 11) is 4.17. The molecule has 0 saturated heterocycles. The van der Waals surface area contributed by atoms with Crippen LogP contribution in [0.25, 0.3) is 0 Å². The van der Waals surface area contributed by atoms with Crippen LogP contribution in [-0.4, -0.2) is 22.9 Å². The van der Waals surface area contributed by atoms with E-state index in [2.05, 4.69) is 53.7 Å². The lowest BCUT2D eigenvalue weighted by atomic mass is 10.1. The Morgan fingerprint density at radius 3 is 2.62 bits per heavy atom. The number of rotatable bonds is 5. The molecule has 1 unspecified atom stereocenters. The van der Waals surface area contributed by atoms with E-state index in [0.717, 1.165) is 11.0 Å². The van der Waals surface area contributed by atoms with E-state index >= 15 is 0 Å². The van der Waals surface area contributed by atoms with Crippen LogP contribution in [0.1, 0.15) is 37.9 Å². The molecule has 0 amide bonds. The highest BCUT2D eigenvalue weighted by molar-refractivity contribution is 9.08. The Kier molecular flexibility index (Phi) is 4.84. The second-order valence-electron chi connectivity index (χ2n) is 4.39. The van der Waals surface area contributed by atoms with E-state index in [0.29, 0.717) is 6.04 Å². The van der Waals surface area contributed by atoms with Gasteiger partial charge in [-0.25, -0.2) is 0 Å². The molecular formula is C12H22BrN3. The average Bonchev–Trinajstić information content (AvgIpc) is 2.52. The van der Waals surface area contributed by atoms with Crippen LogP contribution in [0.15, 0.2) is 0 Å². The molecule has 0 aliphatic rings. The zero-order valence-electron chi connectivity index (χ0n) is 10.9. The molecule has 0 saturated carbocycles. The maximum Gasteiger partial charge on any atom is 0.130 e. The van der Waals surface area contributed by atoms with Crippen LogP contribution in [0.2, 0.25) is 0 Å². The fourth-order valence-electron chi connectivity index (χ4n) is 2.11. The van der Waals surface area contributed by atoms with E-state index in [1.54, 1.807) is 0 Å². The largest absolute Gasteiger partial charge is 0.357 e. The third kappa shape index (κ3) is 2.59. The highest BCUT2D eigenvalue weighted by atomic mass is 79.9. The summed E-state index contributed by atoms with van der Waals surface area (Å²) in [6, 6.07) is 0.553. The quantitative estimate of drug-likeness (QED) is 0.776. The van der Waals surface area contributed by atoms with Gasteiger partial charge in [0, 0.05) is 31.0 Å². The lowest BCUT2D eigenvalue weighted by Gasteiger charge is -2.27. The summed E-state index contributed by atoms with van der Waals surface area (Å²) >= 11 is 3.55. The summed E-state index contributed by atoms with van der Waals surface area (Å²) in [5.74, 6) is 1.23. The molecule has 0 N–H and O–H groups in total. The van der Waals surface area contributed by atoms with Crippen LogP contribution >= 0.6 is 15.9 Å². The fraction of sp³-hybridized carbons (Fsp3) is 0.750. The Labute approximate surface area is 107 Å². The van der Waals surface area contributed by atoms with Gasteiger partial charge in [-0.1, -0.05) is 29.3 Å². The summed E-state index contributed by atoms with van der Waals surface area (Å²) in [6.45, 7) is 6.56. The van der Waals surface area contributed by atoms with Crippen molar-refractivity contribution in [1.29, 1.82) is 0 Å². The molecule has 0 aromatic carbocycles. The normalized spacial score (nSPS) is 12.9. The van der Waals surface area contributed by atoms with Crippen molar-refractivity contribution in [2.24, 2.45) is 7.05 Å². The van der Waals surface area contributed by atoms with Crippen LogP contribution in [0, 0.1) is 6.92 Å². The zero-order chi connectivity index (χ0) is 12.3. The summed E-state index contributed by atoms with van der Waals surface area (Å²) < 4.78 is 1.98. The van der Waals surface area contributed by atoms with Crippen molar-refractivity contribution in [2.75, 3.05) is 11.9 Å². The molecule has 1 aromatic heterocycles. The van der Waals surface area contributed by atoms with Crippen molar-refractivity contribution in [3.63, 3.8) is 0 Å². The number of halogens is 1. The second kappa shape index (κ2) is 5.71. The third-order valence-electron chi connectivity index (χ3n) is 3.15. The predicted octanol–water partition coefficient (Wildman–Crippen LogP) is 3.25. The molecule has 0 fully saturated rings. The highest BCUT2D eigenvalue weighted by Crippen LogP contribution is 2.26. The van der Waals surface area contributed by atoms with E-state index in [4.69, 9.17) is 0 Å². The predicted molar refractivity (Wildman–Crippen MR) is 73.3 cm³/mol. The van der Waals surface area contributed by atoms with Crippen molar-refractivity contribution in [2.45, 2.75) is 45.0 Å². The minimum Gasteiger partial charge on any atom is -0.357 e. The first kappa shape index (κ1) is 13.6. The molecule has 0 bridgehead atoms. The molecule has 3 nitrogen and oxygen atoms in total. The molecule has 0 aliphatic heterocycles. The highest BCUT2D eigenvalue weighted by Gasteiger charge is 2.19. The number of anilines is 1. The van der Waals surface area contributed by atoms with Crippen LogP contribution in [0.4, 0.5) is 5.82 Å². The Hall–Kier alpha value is -0.510. The smallest absolute Gasteiger partial charge is 0.130 e. The topological polar surface area (TPSA) is 21.1 Å². The molecule has 1 aromatic rings. The lowest BCUT2D eigenvalue weighted by molar-refractivity contribution is 0.594. The minimum absolute atomic E-state index is 0.553. The van der Waals surface area contributed by atoms with Gasteiger partial charge in [0.2, 0.25) is 0 Å². The molecule has 1 atom stereocenters. The molecular weight excluding hydrogens is 266 g/mol. The summed E-state index contributed by atoms with van der Waals surface area (Å²) in [6.07, 6.45) is 2.43. The SMILES string of the molecule is CCCC(C)N(C)c1c(CBr)c(C)nn1C.